The monoisotopic (exact) mass is 380 g/mol. The highest BCUT2D eigenvalue weighted by Crippen LogP contribution is 2.24. The van der Waals surface area contributed by atoms with Gasteiger partial charge in [0.15, 0.2) is 5.11 Å². The Balaban J connectivity index is 1.83. The average Bonchev–Trinajstić information content (AvgIpc) is 2.63. The van der Waals surface area contributed by atoms with E-state index in [4.69, 9.17) is 23.8 Å². The van der Waals surface area contributed by atoms with E-state index in [0.29, 0.717) is 5.11 Å². The second-order valence-electron chi connectivity index (χ2n) is 6.32. The molecular formula is C22H21ClN2S. The molecule has 26 heavy (non-hydrogen) atoms. The van der Waals surface area contributed by atoms with Crippen molar-refractivity contribution >= 4 is 34.6 Å². The molecule has 0 saturated carbocycles. The van der Waals surface area contributed by atoms with E-state index in [9.17, 15) is 0 Å². The molecular weight excluding hydrogens is 360 g/mol. The maximum atomic E-state index is 6.21. The molecule has 0 fully saturated rings. The number of hydrogen-bond donors (Lipinski definition) is 2. The highest BCUT2D eigenvalue weighted by atomic mass is 35.5. The van der Waals surface area contributed by atoms with Gasteiger partial charge in [0.2, 0.25) is 0 Å². The first-order valence-electron chi connectivity index (χ1n) is 8.48. The van der Waals surface area contributed by atoms with Crippen molar-refractivity contribution in [2.75, 3.05) is 5.32 Å². The second kappa shape index (κ2) is 8.35. The molecule has 0 bridgehead atoms. The van der Waals surface area contributed by atoms with Crippen LogP contribution in [0.3, 0.4) is 0 Å². The summed E-state index contributed by atoms with van der Waals surface area (Å²) in [7, 11) is 0. The van der Waals surface area contributed by atoms with E-state index < -0.39 is 0 Å². The van der Waals surface area contributed by atoms with Crippen LogP contribution < -0.4 is 10.6 Å². The van der Waals surface area contributed by atoms with Crippen molar-refractivity contribution in [2.24, 2.45) is 0 Å². The Bertz CT molecular complexity index is 909. The van der Waals surface area contributed by atoms with Crippen LogP contribution in [0, 0.1) is 13.8 Å². The van der Waals surface area contributed by atoms with Gasteiger partial charge in [0, 0.05) is 10.7 Å². The Morgan fingerprint density at radius 2 is 1.62 bits per heavy atom. The number of hydrogen-bond acceptors (Lipinski definition) is 1. The zero-order valence-electron chi connectivity index (χ0n) is 14.8. The SMILES string of the molecule is Cc1cccc([C@H](NC(=S)Nc2ccc(C)c(Cl)c2)c2ccccc2)c1. The number of thiocarbonyl (C=S) groups is 1. The smallest absolute Gasteiger partial charge is 0.171 e. The van der Waals surface area contributed by atoms with Crippen molar-refractivity contribution in [3.63, 3.8) is 0 Å². The Kier molecular flexibility index (Phi) is 5.92. The minimum absolute atomic E-state index is 0.0305. The van der Waals surface area contributed by atoms with Crippen molar-refractivity contribution in [2.45, 2.75) is 19.9 Å². The highest BCUT2D eigenvalue weighted by molar-refractivity contribution is 7.80. The first kappa shape index (κ1) is 18.4. The van der Waals surface area contributed by atoms with E-state index >= 15 is 0 Å². The number of rotatable bonds is 4. The molecule has 0 amide bonds. The summed E-state index contributed by atoms with van der Waals surface area (Å²) in [6.07, 6.45) is 0. The van der Waals surface area contributed by atoms with Crippen molar-refractivity contribution < 1.29 is 0 Å². The van der Waals surface area contributed by atoms with Gasteiger partial charge in [0.05, 0.1) is 6.04 Å². The first-order valence-corrected chi connectivity index (χ1v) is 9.27. The molecule has 2 nitrogen and oxygen atoms in total. The van der Waals surface area contributed by atoms with Gasteiger partial charge in [0.1, 0.15) is 0 Å². The van der Waals surface area contributed by atoms with Gasteiger partial charge in [0.25, 0.3) is 0 Å². The van der Waals surface area contributed by atoms with Crippen LogP contribution in [0.5, 0.6) is 0 Å². The molecule has 0 unspecified atom stereocenters. The van der Waals surface area contributed by atoms with E-state index in [1.54, 1.807) is 0 Å². The molecule has 132 valence electrons. The van der Waals surface area contributed by atoms with Crippen LogP contribution >= 0.6 is 23.8 Å². The lowest BCUT2D eigenvalue weighted by Gasteiger charge is -2.22. The third kappa shape index (κ3) is 4.63. The molecule has 0 aliphatic carbocycles. The number of halogens is 1. The lowest BCUT2D eigenvalue weighted by atomic mass is 9.97. The third-order valence-electron chi connectivity index (χ3n) is 4.21. The maximum absolute atomic E-state index is 6.21. The van der Waals surface area contributed by atoms with Crippen LogP contribution in [0.1, 0.15) is 28.3 Å². The normalized spacial score (nSPS) is 11.7. The van der Waals surface area contributed by atoms with Crippen LogP contribution in [-0.2, 0) is 0 Å². The van der Waals surface area contributed by atoms with Crippen LogP contribution in [0.25, 0.3) is 0 Å². The van der Waals surface area contributed by atoms with Gasteiger partial charge in [-0.1, -0.05) is 77.8 Å². The lowest BCUT2D eigenvalue weighted by Crippen LogP contribution is -2.33. The molecule has 0 heterocycles. The number of nitrogens with one attached hydrogen (secondary N) is 2. The second-order valence-corrected chi connectivity index (χ2v) is 7.14. The predicted octanol–water partition coefficient (Wildman–Crippen LogP) is 6.03. The molecule has 2 N–H and O–H groups in total. The molecule has 0 aliphatic rings. The summed E-state index contributed by atoms with van der Waals surface area (Å²) < 4.78 is 0. The van der Waals surface area contributed by atoms with Gasteiger partial charge in [-0.25, -0.2) is 0 Å². The summed E-state index contributed by atoms with van der Waals surface area (Å²) in [4.78, 5) is 0. The number of benzene rings is 3. The molecule has 1 atom stereocenters. The van der Waals surface area contributed by atoms with Crippen molar-refractivity contribution in [1.29, 1.82) is 0 Å². The fourth-order valence-electron chi connectivity index (χ4n) is 2.82. The Morgan fingerprint density at radius 1 is 0.885 bits per heavy atom. The number of aryl methyl sites for hydroxylation is 2. The standard InChI is InChI=1S/C22H21ClN2S/c1-15-7-6-10-18(13-15)21(17-8-4-3-5-9-17)25-22(26)24-19-12-11-16(2)20(23)14-19/h3-14,21H,1-2H3,(H2,24,25,26)/t21-/m1/s1. The van der Waals surface area contributed by atoms with Gasteiger partial charge in [-0.2, -0.15) is 0 Å². The highest BCUT2D eigenvalue weighted by Gasteiger charge is 2.15. The first-order chi connectivity index (χ1) is 12.5. The predicted molar refractivity (Wildman–Crippen MR) is 115 cm³/mol. The molecule has 0 spiro atoms. The van der Waals surface area contributed by atoms with E-state index in [1.807, 2.05) is 43.3 Å². The van der Waals surface area contributed by atoms with Crippen LogP contribution in [0.4, 0.5) is 5.69 Å². The summed E-state index contributed by atoms with van der Waals surface area (Å²) in [6, 6.07) is 24.5. The van der Waals surface area contributed by atoms with Crippen LogP contribution in [-0.4, -0.2) is 5.11 Å². The van der Waals surface area contributed by atoms with Gasteiger partial charge in [-0.05, 0) is 54.9 Å². The molecule has 0 aromatic heterocycles. The third-order valence-corrected chi connectivity index (χ3v) is 4.84. The minimum atomic E-state index is -0.0305. The maximum Gasteiger partial charge on any atom is 0.171 e. The van der Waals surface area contributed by atoms with E-state index in [0.717, 1.165) is 21.8 Å². The summed E-state index contributed by atoms with van der Waals surface area (Å²) in [6.45, 7) is 4.07. The molecule has 0 radical (unpaired) electrons. The van der Waals surface area contributed by atoms with E-state index in [1.165, 1.54) is 11.1 Å². The zero-order valence-corrected chi connectivity index (χ0v) is 16.4. The molecule has 3 rings (SSSR count). The Hall–Kier alpha value is -2.36. The Morgan fingerprint density at radius 3 is 2.31 bits per heavy atom. The van der Waals surface area contributed by atoms with Gasteiger partial charge in [-0.3, -0.25) is 0 Å². The molecule has 0 aliphatic heterocycles. The van der Waals surface area contributed by atoms with Crippen molar-refractivity contribution in [3.8, 4) is 0 Å². The van der Waals surface area contributed by atoms with Gasteiger partial charge < -0.3 is 10.6 Å². The van der Waals surface area contributed by atoms with Crippen molar-refractivity contribution in [3.05, 3.63) is 100 Å². The molecule has 3 aromatic carbocycles. The quantitative estimate of drug-likeness (QED) is 0.540. The summed E-state index contributed by atoms with van der Waals surface area (Å²) in [5.41, 5.74) is 5.45. The topological polar surface area (TPSA) is 24.1 Å². The van der Waals surface area contributed by atoms with Crippen LogP contribution in [0.15, 0.2) is 72.8 Å². The van der Waals surface area contributed by atoms with Crippen LogP contribution in [0.2, 0.25) is 5.02 Å². The molecule has 3 aromatic rings. The van der Waals surface area contributed by atoms with Crippen molar-refractivity contribution in [1.82, 2.24) is 5.32 Å². The summed E-state index contributed by atoms with van der Waals surface area (Å²) in [5, 5.41) is 7.94. The summed E-state index contributed by atoms with van der Waals surface area (Å²) in [5.74, 6) is 0. The summed E-state index contributed by atoms with van der Waals surface area (Å²) >= 11 is 11.8. The number of anilines is 1. The molecule has 4 heteroatoms. The van der Waals surface area contributed by atoms with E-state index in [-0.39, 0.29) is 6.04 Å². The largest absolute Gasteiger partial charge is 0.352 e. The fourth-order valence-corrected chi connectivity index (χ4v) is 3.24. The van der Waals surface area contributed by atoms with Gasteiger partial charge >= 0.3 is 0 Å². The Labute approximate surface area is 165 Å². The van der Waals surface area contributed by atoms with Gasteiger partial charge in [-0.15, -0.1) is 0 Å². The minimum Gasteiger partial charge on any atom is -0.352 e. The molecule has 0 saturated heterocycles. The average molecular weight is 381 g/mol. The van der Waals surface area contributed by atoms with E-state index in [2.05, 4.69) is 54.0 Å². The fraction of sp³-hybridized carbons (Fsp3) is 0.136. The zero-order chi connectivity index (χ0) is 18.5. The lowest BCUT2D eigenvalue weighted by molar-refractivity contribution is 0.768.